The summed E-state index contributed by atoms with van der Waals surface area (Å²) in [6.07, 6.45) is 2.26. The third-order valence-electron chi connectivity index (χ3n) is 4.09. The molecular weight excluding hydrogens is 334 g/mol. The minimum atomic E-state index is -0.106. The molecular formula is C18H23N5O3. The van der Waals surface area contributed by atoms with E-state index >= 15 is 0 Å². The van der Waals surface area contributed by atoms with Crippen molar-refractivity contribution < 1.29 is 14.3 Å². The zero-order chi connectivity index (χ0) is 18.5. The van der Waals surface area contributed by atoms with Gasteiger partial charge in [0.15, 0.2) is 5.82 Å². The van der Waals surface area contributed by atoms with E-state index in [1.807, 2.05) is 32.0 Å². The van der Waals surface area contributed by atoms with Crippen LogP contribution in [0.2, 0.25) is 0 Å². The second-order valence-corrected chi connectivity index (χ2v) is 6.19. The maximum absolute atomic E-state index is 12.8. The first kappa shape index (κ1) is 17.9. The largest absolute Gasteiger partial charge is 0.477 e. The van der Waals surface area contributed by atoms with Gasteiger partial charge in [-0.15, -0.1) is 10.2 Å². The van der Waals surface area contributed by atoms with E-state index in [0.717, 1.165) is 12.2 Å². The lowest BCUT2D eigenvalue weighted by atomic mass is 10.2. The van der Waals surface area contributed by atoms with E-state index in [2.05, 4.69) is 15.2 Å². The number of carbonyl (C=O) groups excluding carboxylic acids is 1. The van der Waals surface area contributed by atoms with Gasteiger partial charge in [-0.1, -0.05) is 0 Å². The predicted octanol–water partition coefficient (Wildman–Crippen LogP) is 1.63. The number of hydrogen-bond acceptors (Lipinski definition) is 7. The highest BCUT2D eigenvalue weighted by molar-refractivity contribution is 5.96. The molecule has 3 heterocycles. The Kier molecular flexibility index (Phi) is 5.50. The fourth-order valence-corrected chi connectivity index (χ4v) is 2.77. The molecule has 1 aliphatic heterocycles. The summed E-state index contributed by atoms with van der Waals surface area (Å²) in [5, 5.41) is 8.18. The van der Waals surface area contributed by atoms with Gasteiger partial charge in [0, 0.05) is 39.3 Å². The van der Waals surface area contributed by atoms with Gasteiger partial charge in [-0.2, -0.15) is 0 Å². The van der Waals surface area contributed by atoms with Crippen LogP contribution in [0, 0.1) is 0 Å². The summed E-state index contributed by atoms with van der Waals surface area (Å²) in [6, 6.07) is 7.12. The molecule has 1 amide bonds. The average Bonchev–Trinajstić information content (AvgIpc) is 3.11. The third-order valence-corrected chi connectivity index (χ3v) is 4.09. The molecule has 138 valence electrons. The fourth-order valence-electron chi connectivity index (χ4n) is 2.77. The summed E-state index contributed by atoms with van der Waals surface area (Å²) in [7, 11) is 3.81. The lowest BCUT2D eigenvalue weighted by Crippen LogP contribution is -2.31. The smallest absolute Gasteiger partial charge is 0.259 e. The van der Waals surface area contributed by atoms with Crippen molar-refractivity contribution in [3.8, 4) is 11.8 Å². The van der Waals surface area contributed by atoms with Crippen LogP contribution in [0.4, 0.5) is 5.82 Å². The van der Waals surface area contributed by atoms with Crippen LogP contribution in [-0.2, 0) is 0 Å². The number of rotatable bonds is 6. The van der Waals surface area contributed by atoms with Gasteiger partial charge >= 0.3 is 0 Å². The molecule has 1 fully saturated rings. The maximum Gasteiger partial charge on any atom is 0.259 e. The van der Waals surface area contributed by atoms with Crippen molar-refractivity contribution in [1.82, 2.24) is 20.1 Å². The second kappa shape index (κ2) is 7.99. The molecule has 1 aliphatic rings. The second-order valence-electron chi connectivity index (χ2n) is 6.19. The van der Waals surface area contributed by atoms with Crippen molar-refractivity contribution in [3.05, 3.63) is 36.0 Å². The van der Waals surface area contributed by atoms with E-state index in [1.165, 1.54) is 0 Å². The van der Waals surface area contributed by atoms with Gasteiger partial charge in [-0.25, -0.2) is 4.98 Å². The lowest BCUT2D eigenvalue weighted by molar-refractivity contribution is 0.0766. The minimum absolute atomic E-state index is 0.0957. The Morgan fingerprint density at radius 1 is 1.31 bits per heavy atom. The number of likely N-dealkylation sites (tertiary alicyclic amines) is 1. The highest BCUT2D eigenvalue weighted by Crippen LogP contribution is 2.22. The molecule has 8 heteroatoms. The van der Waals surface area contributed by atoms with Crippen LogP contribution in [-0.4, -0.2) is 65.9 Å². The monoisotopic (exact) mass is 357 g/mol. The fraction of sp³-hybridized carbons (Fsp3) is 0.444. The van der Waals surface area contributed by atoms with Gasteiger partial charge in [0.1, 0.15) is 11.7 Å². The lowest BCUT2D eigenvalue weighted by Gasteiger charge is -2.18. The van der Waals surface area contributed by atoms with Crippen LogP contribution >= 0.6 is 0 Å². The van der Waals surface area contributed by atoms with Crippen LogP contribution in [0.1, 0.15) is 23.7 Å². The quantitative estimate of drug-likeness (QED) is 0.777. The van der Waals surface area contributed by atoms with E-state index in [4.69, 9.17) is 9.47 Å². The topological polar surface area (TPSA) is 80.7 Å². The van der Waals surface area contributed by atoms with E-state index < -0.39 is 0 Å². The molecule has 0 aliphatic carbocycles. The van der Waals surface area contributed by atoms with Crippen LogP contribution < -0.4 is 14.4 Å². The summed E-state index contributed by atoms with van der Waals surface area (Å²) in [5.74, 6) is 1.50. The van der Waals surface area contributed by atoms with Gasteiger partial charge in [-0.3, -0.25) is 4.79 Å². The molecule has 0 radical (unpaired) electrons. The van der Waals surface area contributed by atoms with Crippen molar-refractivity contribution in [2.24, 2.45) is 0 Å². The van der Waals surface area contributed by atoms with Crippen LogP contribution in [0.5, 0.6) is 11.8 Å². The van der Waals surface area contributed by atoms with E-state index in [1.54, 1.807) is 29.3 Å². The Morgan fingerprint density at radius 2 is 2.15 bits per heavy atom. The predicted molar refractivity (Wildman–Crippen MR) is 96.7 cm³/mol. The normalized spacial score (nSPS) is 16.4. The summed E-state index contributed by atoms with van der Waals surface area (Å²) < 4.78 is 11.3. The van der Waals surface area contributed by atoms with E-state index in [0.29, 0.717) is 37.0 Å². The molecule has 1 saturated heterocycles. The molecule has 0 N–H and O–H groups in total. The van der Waals surface area contributed by atoms with Crippen molar-refractivity contribution in [1.29, 1.82) is 0 Å². The van der Waals surface area contributed by atoms with Crippen LogP contribution in [0.25, 0.3) is 0 Å². The summed E-state index contributed by atoms with van der Waals surface area (Å²) in [6.45, 7) is 3.44. The van der Waals surface area contributed by atoms with Crippen molar-refractivity contribution in [3.63, 3.8) is 0 Å². The van der Waals surface area contributed by atoms with E-state index in [-0.39, 0.29) is 12.0 Å². The number of hydrogen-bond donors (Lipinski definition) is 0. The number of pyridine rings is 1. The van der Waals surface area contributed by atoms with Gasteiger partial charge in [0.2, 0.25) is 11.8 Å². The number of nitrogens with zero attached hydrogens (tertiary/aromatic N) is 5. The van der Waals surface area contributed by atoms with Crippen molar-refractivity contribution in [2.75, 3.05) is 38.7 Å². The highest BCUT2D eigenvalue weighted by Gasteiger charge is 2.30. The zero-order valence-corrected chi connectivity index (χ0v) is 15.3. The molecule has 2 aromatic heterocycles. The number of ether oxygens (including phenoxy) is 2. The molecule has 0 bridgehead atoms. The van der Waals surface area contributed by atoms with E-state index in [9.17, 15) is 4.79 Å². The number of aromatic nitrogens is 3. The van der Waals surface area contributed by atoms with Crippen LogP contribution in [0.3, 0.4) is 0 Å². The standard InChI is InChI=1S/C18H23N5O3/c1-4-25-17-14(6-5-10-19-17)18(24)23-11-9-13(12-23)26-16-8-7-15(20-21-16)22(2)3/h5-8,10,13H,4,9,11-12H2,1-3H3/t13-/m0/s1. The Bertz CT molecular complexity index is 751. The Labute approximate surface area is 152 Å². The number of carbonyl (C=O) groups is 1. The maximum atomic E-state index is 12.8. The summed E-state index contributed by atoms with van der Waals surface area (Å²) in [4.78, 5) is 20.6. The van der Waals surface area contributed by atoms with Gasteiger partial charge in [-0.05, 0) is 25.1 Å². The van der Waals surface area contributed by atoms with Gasteiger partial charge in [0.25, 0.3) is 5.91 Å². The molecule has 26 heavy (non-hydrogen) atoms. The average molecular weight is 357 g/mol. The first-order valence-electron chi connectivity index (χ1n) is 8.63. The molecule has 0 aromatic carbocycles. The van der Waals surface area contributed by atoms with Gasteiger partial charge in [0.05, 0.1) is 13.2 Å². The minimum Gasteiger partial charge on any atom is -0.477 e. The number of anilines is 1. The van der Waals surface area contributed by atoms with Crippen molar-refractivity contribution in [2.45, 2.75) is 19.4 Å². The Balaban J connectivity index is 1.62. The summed E-state index contributed by atoms with van der Waals surface area (Å²) >= 11 is 0. The zero-order valence-electron chi connectivity index (χ0n) is 15.3. The Morgan fingerprint density at radius 3 is 2.85 bits per heavy atom. The summed E-state index contributed by atoms with van der Waals surface area (Å²) in [5.41, 5.74) is 0.477. The Hall–Kier alpha value is -2.90. The number of amides is 1. The molecule has 0 unspecified atom stereocenters. The molecule has 8 nitrogen and oxygen atoms in total. The first-order valence-corrected chi connectivity index (χ1v) is 8.63. The third kappa shape index (κ3) is 4.01. The molecule has 3 rings (SSSR count). The molecule has 0 saturated carbocycles. The first-order chi connectivity index (χ1) is 12.6. The van der Waals surface area contributed by atoms with Crippen LogP contribution in [0.15, 0.2) is 30.5 Å². The van der Waals surface area contributed by atoms with Gasteiger partial charge < -0.3 is 19.3 Å². The highest BCUT2D eigenvalue weighted by atomic mass is 16.5. The molecule has 1 atom stereocenters. The van der Waals surface area contributed by atoms with Crippen molar-refractivity contribution >= 4 is 11.7 Å². The molecule has 0 spiro atoms. The SMILES string of the molecule is CCOc1ncccc1C(=O)N1CC[C@H](Oc2ccc(N(C)C)nn2)C1. The molecule has 2 aromatic rings.